The smallest absolute Gasteiger partial charge is 0.0780 e. The fraction of sp³-hybridized carbons (Fsp3) is 0.429. The lowest BCUT2D eigenvalue weighted by Gasteiger charge is -2.49. The Labute approximate surface area is 185 Å². The van der Waals surface area contributed by atoms with Gasteiger partial charge in [-0.3, -0.25) is 0 Å². The standard InChI is InChI=1S/C28H38Si2/c1-9-20-15-16-23-22(17-20)18-24-26(23)25(29(3,4)5)19-28(10-2,30(6,7)8)27(24)21-13-11-12-14-21/h11-13,15-19H,9-10,14H2,1-8H3. The van der Waals surface area contributed by atoms with Crippen molar-refractivity contribution in [3.8, 4) is 0 Å². The van der Waals surface area contributed by atoms with Crippen molar-refractivity contribution in [1.82, 2.24) is 0 Å². The lowest BCUT2D eigenvalue weighted by molar-refractivity contribution is 0.713. The molecule has 0 aliphatic heterocycles. The minimum Gasteiger partial charge on any atom is -0.0801 e. The SMILES string of the molecule is CCc1ccc2c(c1)=CC1=C(C3=CC=CC3)C(CC)([Si](C)(C)C)C=C([Si](C)(C)C)C=21. The zero-order chi connectivity index (χ0) is 21.9. The molecule has 0 nitrogen and oxygen atoms in total. The molecule has 0 fully saturated rings. The molecule has 0 saturated heterocycles. The molecule has 1 unspecified atom stereocenters. The van der Waals surface area contributed by atoms with Crippen LogP contribution in [0.3, 0.4) is 0 Å². The van der Waals surface area contributed by atoms with Crippen molar-refractivity contribution in [2.75, 3.05) is 0 Å². The van der Waals surface area contributed by atoms with Crippen LogP contribution in [0.15, 0.2) is 64.4 Å². The quantitative estimate of drug-likeness (QED) is 0.457. The molecule has 30 heavy (non-hydrogen) atoms. The van der Waals surface area contributed by atoms with Crippen LogP contribution in [-0.2, 0) is 6.42 Å². The molecule has 2 heteroatoms. The monoisotopic (exact) mass is 430 g/mol. The van der Waals surface area contributed by atoms with E-state index in [0.29, 0.717) is 0 Å². The van der Waals surface area contributed by atoms with E-state index in [9.17, 15) is 0 Å². The van der Waals surface area contributed by atoms with Gasteiger partial charge in [-0.05, 0) is 63.6 Å². The maximum Gasteiger partial charge on any atom is 0.0780 e. The van der Waals surface area contributed by atoms with E-state index < -0.39 is 16.1 Å². The topological polar surface area (TPSA) is 0 Å². The molecule has 4 rings (SSSR count). The second kappa shape index (κ2) is 7.20. The largest absolute Gasteiger partial charge is 0.0801 e. The molecule has 1 aromatic carbocycles. The minimum atomic E-state index is -1.55. The van der Waals surface area contributed by atoms with E-state index in [1.165, 1.54) is 22.4 Å². The van der Waals surface area contributed by atoms with Crippen LogP contribution in [0, 0.1) is 0 Å². The molecular formula is C28H38Si2. The van der Waals surface area contributed by atoms with E-state index >= 15 is 0 Å². The van der Waals surface area contributed by atoms with Gasteiger partial charge in [-0.15, -0.1) is 0 Å². The maximum atomic E-state index is 2.80. The van der Waals surface area contributed by atoms with Gasteiger partial charge in [0.05, 0.1) is 16.1 Å². The van der Waals surface area contributed by atoms with Gasteiger partial charge in [-0.1, -0.05) is 101 Å². The Balaban J connectivity index is 2.17. The average molecular weight is 431 g/mol. The summed E-state index contributed by atoms with van der Waals surface area (Å²) in [4.78, 5) is 0. The van der Waals surface area contributed by atoms with Crippen LogP contribution in [0.2, 0.25) is 44.3 Å². The highest BCUT2D eigenvalue weighted by Crippen LogP contribution is 2.60. The van der Waals surface area contributed by atoms with Gasteiger partial charge >= 0.3 is 0 Å². The van der Waals surface area contributed by atoms with Gasteiger partial charge in [0.25, 0.3) is 0 Å². The summed E-state index contributed by atoms with van der Waals surface area (Å²) in [6.07, 6.45) is 15.7. The molecule has 1 atom stereocenters. The van der Waals surface area contributed by atoms with Crippen molar-refractivity contribution in [2.24, 2.45) is 0 Å². The van der Waals surface area contributed by atoms with Crippen molar-refractivity contribution in [2.45, 2.75) is 77.4 Å². The third-order valence-corrected chi connectivity index (χ3v) is 13.0. The first-order valence-corrected chi connectivity index (χ1v) is 18.7. The molecular weight excluding hydrogens is 392 g/mol. The molecule has 0 amide bonds. The van der Waals surface area contributed by atoms with Gasteiger partial charge in [-0.25, -0.2) is 0 Å². The Hall–Kier alpha value is -1.65. The third-order valence-electron chi connectivity index (χ3n) is 7.53. The summed E-state index contributed by atoms with van der Waals surface area (Å²) in [5, 5.41) is 4.80. The summed E-state index contributed by atoms with van der Waals surface area (Å²) in [7, 11) is -3.08. The summed E-state index contributed by atoms with van der Waals surface area (Å²) in [6, 6.07) is 7.20. The predicted octanol–water partition coefficient (Wildman–Crippen LogP) is 6.68. The van der Waals surface area contributed by atoms with Gasteiger partial charge in [0.2, 0.25) is 0 Å². The Morgan fingerprint density at radius 3 is 2.27 bits per heavy atom. The highest BCUT2D eigenvalue weighted by Gasteiger charge is 2.49. The van der Waals surface area contributed by atoms with Crippen LogP contribution in [0.5, 0.6) is 0 Å². The van der Waals surface area contributed by atoms with Crippen LogP contribution in [0.1, 0.15) is 32.3 Å². The zero-order valence-electron chi connectivity index (χ0n) is 20.2. The van der Waals surface area contributed by atoms with Crippen molar-refractivity contribution in [3.05, 3.63) is 80.4 Å². The van der Waals surface area contributed by atoms with Crippen LogP contribution in [0.25, 0.3) is 11.6 Å². The summed E-state index contributed by atoms with van der Waals surface area (Å²) >= 11 is 0. The average Bonchev–Trinajstić information content (AvgIpc) is 3.31. The van der Waals surface area contributed by atoms with Gasteiger partial charge < -0.3 is 0 Å². The van der Waals surface area contributed by atoms with E-state index in [0.717, 1.165) is 12.8 Å². The Kier molecular flexibility index (Phi) is 5.18. The van der Waals surface area contributed by atoms with E-state index in [-0.39, 0.29) is 5.04 Å². The fourth-order valence-electron chi connectivity index (χ4n) is 5.75. The zero-order valence-corrected chi connectivity index (χ0v) is 22.2. The van der Waals surface area contributed by atoms with E-state index in [2.05, 4.69) is 102 Å². The lowest BCUT2D eigenvalue weighted by atomic mass is 9.78. The van der Waals surface area contributed by atoms with Crippen molar-refractivity contribution in [3.63, 3.8) is 0 Å². The first-order valence-electron chi connectivity index (χ1n) is 11.7. The lowest BCUT2D eigenvalue weighted by Crippen LogP contribution is -2.44. The van der Waals surface area contributed by atoms with Gasteiger partial charge in [-0.2, -0.15) is 0 Å². The molecule has 1 aromatic rings. The van der Waals surface area contributed by atoms with Crippen molar-refractivity contribution < 1.29 is 0 Å². The van der Waals surface area contributed by atoms with Gasteiger partial charge in [0.15, 0.2) is 0 Å². The highest BCUT2D eigenvalue weighted by molar-refractivity contribution is 6.86. The normalized spacial score (nSPS) is 23.3. The fourth-order valence-corrected chi connectivity index (χ4v) is 10.3. The summed E-state index contributed by atoms with van der Waals surface area (Å²) in [5.41, 5.74) is 7.77. The second-order valence-corrected chi connectivity index (χ2v) is 21.7. The van der Waals surface area contributed by atoms with Gasteiger partial charge in [0.1, 0.15) is 0 Å². The molecule has 0 bridgehead atoms. The third kappa shape index (κ3) is 3.15. The number of hydrogen-bond donors (Lipinski definition) is 0. The Morgan fingerprint density at radius 2 is 1.73 bits per heavy atom. The molecule has 0 heterocycles. The van der Waals surface area contributed by atoms with Crippen LogP contribution in [0.4, 0.5) is 0 Å². The molecule has 3 aliphatic carbocycles. The van der Waals surface area contributed by atoms with E-state index in [1.807, 2.05) is 0 Å². The Morgan fingerprint density at radius 1 is 1.00 bits per heavy atom. The molecule has 0 spiro atoms. The summed E-state index contributed by atoms with van der Waals surface area (Å²) in [5.74, 6) is 0. The number of hydrogen-bond acceptors (Lipinski definition) is 0. The summed E-state index contributed by atoms with van der Waals surface area (Å²) in [6.45, 7) is 20.1. The van der Waals surface area contributed by atoms with Crippen LogP contribution >= 0.6 is 0 Å². The molecule has 3 aliphatic rings. The first-order chi connectivity index (χ1) is 14.0. The molecule has 0 radical (unpaired) electrons. The predicted molar refractivity (Wildman–Crippen MR) is 140 cm³/mol. The minimum absolute atomic E-state index is 0.200. The number of aryl methyl sites for hydroxylation is 1. The van der Waals surface area contributed by atoms with E-state index in [4.69, 9.17) is 0 Å². The van der Waals surface area contributed by atoms with Gasteiger partial charge in [0, 0.05) is 5.04 Å². The number of benzene rings is 1. The molecule has 158 valence electrons. The highest BCUT2D eigenvalue weighted by atomic mass is 28.3. The Bertz CT molecular complexity index is 1140. The molecule has 0 saturated carbocycles. The summed E-state index contributed by atoms with van der Waals surface area (Å²) < 4.78 is 0. The number of allylic oxidation sites excluding steroid dienone is 8. The molecule has 0 aromatic heterocycles. The maximum absolute atomic E-state index is 2.80. The molecule has 0 N–H and O–H groups in total. The number of rotatable bonds is 5. The van der Waals surface area contributed by atoms with Crippen LogP contribution < -0.4 is 10.4 Å². The first kappa shape index (κ1) is 21.6. The van der Waals surface area contributed by atoms with E-state index in [1.54, 1.807) is 27.5 Å². The number of fused-ring (bicyclic) bond motifs is 2. The second-order valence-electron chi connectivity index (χ2n) is 11.3. The van der Waals surface area contributed by atoms with Crippen LogP contribution in [-0.4, -0.2) is 16.1 Å². The van der Waals surface area contributed by atoms with Crippen molar-refractivity contribution in [1.29, 1.82) is 0 Å². The van der Waals surface area contributed by atoms with Crippen molar-refractivity contribution >= 4 is 27.8 Å².